The molecule has 0 aromatic heterocycles. The van der Waals surface area contributed by atoms with Crippen molar-refractivity contribution in [3.05, 3.63) is 0 Å². The largest absolute Gasteiger partial charge is 0.381 e. The minimum absolute atomic E-state index is 0. The molecule has 0 aliphatic carbocycles. The molecule has 2 saturated heterocycles. The van der Waals surface area contributed by atoms with E-state index in [4.69, 9.17) is 10.5 Å². The highest BCUT2D eigenvalue weighted by molar-refractivity contribution is 5.85. The van der Waals surface area contributed by atoms with Crippen LogP contribution in [0.1, 0.15) is 26.2 Å². The van der Waals surface area contributed by atoms with Crippen LogP contribution in [0.5, 0.6) is 0 Å². The van der Waals surface area contributed by atoms with E-state index in [-0.39, 0.29) is 12.4 Å². The van der Waals surface area contributed by atoms with E-state index in [0.29, 0.717) is 6.04 Å². The van der Waals surface area contributed by atoms with Crippen molar-refractivity contribution < 1.29 is 4.74 Å². The summed E-state index contributed by atoms with van der Waals surface area (Å²) in [5.41, 5.74) is 5.95. The van der Waals surface area contributed by atoms with Crippen molar-refractivity contribution in [3.8, 4) is 0 Å². The lowest BCUT2D eigenvalue weighted by Gasteiger charge is -2.27. The van der Waals surface area contributed by atoms with Crippen LogP contribution in [-0.4, -0.2) is 43.8 Å². The van der Waals surface area contributed by atoms with Gasteiger partial charge in [0.25, 0.3) is 0 Å². The lowest BCUT2D eigenvalue weighted by Crippen LogP contribution is -2.33. The van der Waals surface area contributed by atoms with Gasteiger partial charge in [0.15, 0.2) is 0 Å². The summed E-state index contributed by atoms with van der Waals surface area (Å²) >= 11 is 0. The summed E-state index contributed by atoms with van der Waals surface area (Å²) in [5.74, 6) is 1.59. The molecule has 2 rings (SSSR count). The number of nitrogens with zero attached hydrogens (tertiary/aromatic N) is 1. The fraction of sp³-hybridized carbons (Fsp3) is 1.00. The molecule has 16 heavy (non-hydrogen) atoms. The third-order valence-corrected chi connectivity index (χ3v) is 3.91. The lowest BCUT2D eigenvalue weighted by atomic mass is 9.99. The molecule has 4 heteroatoms. The van der Waals surface area contributed by atoms with Gasteiger partial charge in [-0.1, -0.05) is 0 Å². The Hall–Kier alpha value is 0.170. The summed E-state index contributed by atoms with van der Waals surface area (Å²) in [5, 5.41) is 0. The van der Waals surface area contributed by atoms with E-state index >= 15 is 0 Å². The molecule has 0 aromatic rings. The van der Waals surface area contributed by atoms with Crippen LogP contribution in [0.3, 0.4) is 0 Å². The minimum Gasteiger partial charge on any atom is -0.381 e. The van der Waals surface area contributed by atoms with Gasteiger partial charge in [-0.25, -0.2) is 0 Å². The molecule has 2 N–H and O–H groups in total. The van der Waals surface area contributed by atoms with E-state index in [0.717, 1.165) is 25.0 Å². The topological polar surface area (TPSA) is 38.5 Å². The normalized spacial score (nSPS) is 30.0. The number of nitrogens with two attached hydrogens (primary N) is 1. The van der Waals surface area contributed by atoms with Gasteiger partial charge in [-0.2, -0.15) is 0 Å². The van der Waals surface area contributed by atoms with Crippen molar-refractivity contribution in [2.24, 2.45) is 17.6 Å². The van der Waals surface area contributed by atoms with Crippen molar-refractivity contribution in [1.29, 1.82) is 0 Å². The molecule has 2 atom stereocenters. The smallest absolute Gasteiger partial charge is 0.0469 e. The van der Waals surface area contributed by atoms with E-state index in [2.05, 4.69) is 11.8 Å². The highest BCUT2D eigenvalue weighted by Gasteiger charge is 2.27. The second-order valence-corrected chi connectivity index (χ2v) is 5.22. The SMILES string of the molecule is CC(N)C1CCN(CC2CCOCC2)C1.Cl. The molecule has 3 nitrogen and oxygen atoms in total. The zero-order chi connectivity index (χ0) is 10.7. The number of rotatable bonds is 3. The van der Waals surface area contributed by atoms with Crippen molar-refractivity contribution >= 4 is 12.4 Å². The molecule has 96 valence electrons. The fourth-order valence-electron chi connectivity index (χ4n) is 2.75. The van der Waals surface area contributed by atoms with E-state index in [9.17, 15) is 0 Å². The molecule has 0 saturated carbocycles. The third kappa shape index (κ3) is 3.88. The average Bonchev–Trinajstić information content (AvgIpc) is 2.68. The predicted octanol–water partition coefficient (Wildman–Crippen LogP) is 1.50. The molecule has 0 spiro atoms. The Morgan fingerprint density at radius 3 is 2.56 bits per heavy atom. The summed E-state index contributed by atoms with van der Waals surface area (Å²) in [7, 11) is 0. The number of halogens is 1. The number of likely N-dealkylation sites (tertiary alicyclic amines) is 1. The Morgan fingerprint density at radius 2 is 2.00 bits per heavy atom. The minimum atomic E-state index is 0. The summed E-state index contributed by atoms with van der Waals surface area (Å²) in [6.45, 7) is 7.82. The van der Waals surface area contributed by atoms with Crippen LogP contribution in [0.4, 0.5) is 0 Å². The Morgan fingerprint density at radius 1 is 1.31 bits per heavy atom. The van der Waals surface area contributed by atoms with E-state index in [1.807, 2.05) is 0 Å². The maximum atomic E-state index is 5.95. The van der Waals surface area contributed by atoms with Gasteiger partial charge in [0.2, 0.25) is 0 Å². The summed E-state index contributed by atoms with van der Waals surface area (Å²) in [6.07, 6.45) is 3.79. The maximum Gasteiger partial charge on any atom is 0.0469 e. The Kier molecular flexibility index (Phi) is 6.05. The van der Waals surface area contributed by atoms with Crippen molar-refractivity contribution in [3.63, 3.8) is 0 Å². The first-order valence-corrected chi connectivity index (χ1v) is 6.31. The van der Waals surface area contributed by atoms with Crippen LogP contribution in [-0.2, 0) is 4.74 Å². The zero-order valence-corrected chi connectivity index (χ0v) is 11.0. The van der Waals surface area contributed by atoms with Crippen molar-refractivity contribution in [1.82, 2.24) is 4.90 Å². The molecule has 2 aliphatic rings. The third-order valence-electron chi connectivity index (χ3n) is 3.91. The van der Waals surface area contributed by atoms with Gasteiger partial charge in [0.05, 0.1) is 0 Å². The van der Waals surface area contributed by atoms with E-state index < -0.39 is 0 Å². The zero-order valence-electron chi connectivity index (χ0n) is 10.2. The van der Waals surface area contributed by atoms with Crippen molar-refractivity contribution in [2.45, 2.75) is 32.2 Å². The van der Waals surface area contributed by atoms with Gasteiger partial charge in [-0.05, 0) is 44.6 Å². The molecule has 0 bridgehead atoms. The standard InChI is InChI=1S/C12H24N2O.ClH/c1-10(13)12-2-5-14(9-12)8-11-3-6-15-7-4-11;/h10-12H,2-9,13H2,1H3;1H. The van der Waals surface area contributed by atoms with E-state index in [1.165, 1.54) is 38.9 Å². The summed E-state index contributed by atoms with van der Waals surface area (Å²) < 4.78 is 5.39. The second-order valence-electron chi connectivity index (χ2n) is 5.22. The molecule has 0 amide bonds. The van der Waals surface area contributed by atoms with Crippen molar-refractivity contribution in [2.75, 3.05) is 32.8 Å². The molecule has 2 heterocycles. The molecule has 2 fully saturated rings. The number of ether oxygens (including phenoxy) is 1. The van der Waals surface area contributed by atoms with Crippen LogP contribution in [0.2, 0.25) is 0 Å². The Labute approximate surface area is 105 Å². The summed E-state index contributed by atoms with van der Waals surface area (Å²) in [6, 6.07) is 0.365. The Bertz CT molecular complexity index is 195. The molecule has 0 radical (unpaired) electrons. The van der Waals surface area contributed by atoms with Gasteiger partial charge in [-0.15, -0.1) is 12.4 Å². The highest BCUT2D eigenvalue weighted by Crippen LogP contribution is 2.22. The average molecular weight is 249 g/mol. The molecular weight excluding hydrogens is 224 g/mol. The summed E-state index contributed by atoms with van der Waals surface area (Å²) in [4.78, 5) is 2.60. The van der Waals surface area contributed by atoms with Crippen LogP contribution in [0.25, 0.3) is 0 Å². The molecule has 2 unspecified atom stereocenters. The van der Waals surface area contributed by atoms with Gasteiger partial charge < -0.3 is 15.4 Å². The van der Waals surface area contributed by atoms with Gasteiger partial charge in [-0.3, -0.25) is 0 Å². The maximum absolute atomic E-state index is 5.95. The first-order valence-electron chi connectivity index (χ1n) is 6.31. The van der Waals surface area contributed by atoms with Gasteiger partial charge >= 0.3 is 0 Å². The van der Waals surface area contributed by atoms with Crippen LogP contribution >= 0.6 is 12.4 Å². The second kappa shape index (κ2) is 6.80. The monoisotopic (exact) mass is 248 g/mol. The molecule has 0 aromatic carbocycles. The van der Waals surface area contributed by atoms with E-state index in [1.54, 1.807) is 0 Å². The number of hydrogen-bond donors (Lipinski definition) is 1. The number of hydrogen-bond acceptors (Lipinski definition) is 3. The predicted molar refractivity (Wildman–Crippen MR) is 69.0 cm³/mol. The first kappa shape index (κ1) is 14.2. The van der Waals surface area contributed by atoms with Gasteiger partial charge in [0, 0.05) is 32.3 Å². The van der Waals surface area contributed by atoms with Crippen LogP contribution in [0, 0.1) is 11.8 Å². The Balaban J connectivity index is 0.00000128. The first-order chi connectivity index (χ1) is 7.25. The lowest BCUT2D eigenvalue weighted by molar-refractivity contribution is 0.0550. The highest BCUT2D eigenvalue weighted by atomic mass is 35.5. The van der Waals surface area contributed by atoms with Gasteiger partial charge in [0.1, 0.15) is 0 Å². The molecular formula is C12H25ClN2O. The fourth-order valence-corrected chi connectivity index (χ4v) is 2.75. The van der Waals surface area contributed by atoms with Crippen LogP contribution in [0.15, 0.2) is 0 Å². The van der Waals surface area contributed by atoms with Crippen LogP contribution < -0.4 is 5.73 Å². The quantitative estimate of drug-likeness (QED) is 0.823. The molecule has 2 aliphatic heterocycles.